The average Bonchev–Trinajstić information content (AvgIpc) is 3.09. The lowest BCUT2D eigenvalue weighted by Crippen LogP contribution is -1.83. The van der Waals surface area contributed by atoms with Crippen molar-refractivity contribution in [2.24, 2.45) is 0 Å². The Kier molecular flexibility index (Phi) is 2.86. The van der Waals surface area contributed by atoms with Crippen LogP contribution >= 0.6 is 11.3 Å². The third kappa shape index (κ3) is 2.15. The number of ether oxygens (including phenoxy) is 1. The molecular formula is C16H12N2O2S. The predicted molar refractivity (Wildman–Crippen MR) is 83.1 cm³/mol. The zero-order valence-corrected chi connectivity index (χ0v) is 12.2. The van der Waals surface area contributed by atoms with Gasteiger partial charge in [-0.3, -0.25) is 0 Å². The Labute approximate surface area is 125 Å². The molecule has 0 unspecified atom stereocenters. The van der Waals surface area contributed by atoms with Crippen LogP contribution in [0.1, 0.15) is 12.5 Å². The molecule has 1 aromatic carbocycles. The molecule has 0 radical (unpaired) electrons. The number of benzene rings is 1. The number of aryl methyl sites for hydroxylation is 1. The number of fused-ring (bicyclic) bond motifs is 2. The first kappa shape index (κ1) is 12.3. The van der Waals surface area contributed by atoms with Gasteiger partial charge < -0.3 is 9.15 Å². The average molecular weight is 296 g/mol. The van der Waals surface area contributed by atoms with E-state index in [1.807, 2.05) is 30.3 Å². The van der Waals surface area contributed by atoms with E-state index in [-0.39, 0.29) is 0 Å². The molecule has 0 aliphatic carbocycles. The van der Waals surface area contributed by atoms with E-state index in [0.717, 1.165) is 27.8 Å². The number of pyridine rings is 1. The molecule has 5 heteroatoms. The molecule has 0 amide bonds. The number of nitrogens with zero attached hydrogens (tertiary/aromatic N) is 2. The van der Waals surface area contributed by atoms with Crippen molar-refractivity contribution in [2.45, 2.75) is 13.3 Å². The van der Waals surface area contributed by atoms with Crippen LogP contribution in [0.4, 0.5) is 0 Å². The smallest absolute Gasteiger partial charge is 0.281 e. The van der Waals surface area contributed by atoms with Crippen molar-refractivity contribution in [3.63, 3.8) is 0 Å². The highest BCUT2D eigenvalue weighted by Crippen LogP contribution is 2.32. The van der Waals surface area contributed by atoms with E-state index in [9.17, 15) is 0 Å². The molecule has 3 heterocycles. The molecule has 4 nitrogen and oxygen atoms in total. The van der Waals surface area contributed by atoms with E-state index in [4.69, 9.17) is 9.15 Å². The van der Waals surface area contributed by atoms with Gasteiger partial charge in [-0.05, 0) is 36.2 Å². The number of hydrogen-bond acceptors (Lipinski definition) is 5. The van der Waals surface area contributed by atoms with E-state index >= 15 is 0 Å². The van der Waals surface area contributed by atoms with Crippen molar-refractivity contribution >= 4 is 32.7 Å². The van der Waals surface area contributed by atoms with Crippen LogP contribution in [0, 0.1) is 0 Å². The Balaban J connectivity index is 1.70. The van der Waals surface area contributed by atoms with Gasteiger partial charge in [0.15, 0.2) is 5.65 Å². The summed E-state index contributed by atoms with van der Waals surface area (Å²) < 4.78 is 12.4. The fourth-order valence-corrected chi connectivity index (χ4v) is 3.09. The first-order valence-electron chi connectivity index (χ1n) is 6.73. The zero-order chi connectivity index (χ0) is 14.2. The Morgan fingerprint density at radius 3 is 3.10 bits per heavy atom. The van der Waals surface area contributed by atoms with Gasteiger partial charge in [-0.15, -0.1) is 0 Å². The molecule has 4 rings (SSSR count). The minimum Gasteiger partial charge on any atom is -0.464 e. The Hall–Kier alpha value is -2.40. The molecule has 0 N–H and O–H groups in total. The van der Waals surface area contributed by atoms with Crippen LogP contribution in [0.2, 0.25) is 0 Å². The monoisotopic (exact) mass is 296 g/mol. The second kappa shape index (κ2) is 4.86. The van der Waals surface area contributed by atoms with Crippen molar-refractivity contribution < 1.29 is 9.15 Å². The molecule has 0 aliphatic rings. The van der Waals surface area contributed by atoms with Crippen molar-refractivity contribution in [1.82, 2.24) is 9.97 Å². The van der Waals surface area contributed by atoms with Crippen molar-refractivity contribution in [3.8, 4) is 10.9 Å². The third-order valence-corrected chi connectivity index (χ3v) is 4.25. The fraction of sp³-hybridized carbons (Fsp3) is 0.125. The molecule has 0 fully saturated rings. The largest absolute Gasteiger partial charge is 0.464 e. The molecular weight excluding hydrogens is 284 g/mol. The van der Waals surface area contributed by atoms with Gasteiger partial charge >= 0.3 is 0 Å². The second-order valence-corrected chi connectivity index (χ2v) is 5.67. The first-order valence-corrected chi connectivity index (χ1v) is 7.54. The third-order valence-electron chi connectivity index (χ3n) is 3.36. The molecule has 0 aliphatic heterocycles. The summed E-state index contributed by atoms with van der Waals surface area (Å²) >= 11 is 1.48. The summed E-state index contributed by atoms with van der Waals surface area (Å²) in [6.07, 6.45) is 4.49. The summed E-state index contributed by atoms with van der Waals surface area (Å²) in [5.74, 6) is 0.721. The van der Waals surface area contributed by atoms with Gasteiger partial charge in [-0.1, -0.05) is 18.3 Å². The maximum Gasteiger partial charge on any atom is 0.281 e. The van der Waals surface area contributed by atoms with E-state index in [2.05, 4.69) is 16.9 Å². The van der Waals surface area contributed by atoms with Crippen LogP contribution in [0.5, 0.6) is 10.9 Å². The Morgan fingerprint density at radius 1 is 1.29 bits per heavy atom. The van der Waals surface area contributed by atoms with Crippen molar-refractivity contribution in [2.75, 3.05) is 0 Å². The van der Waals surface area contributed by atoms with Gasteiger partial charge in [0.25, 0.3) is 5.19 Å². The highest BCUT2D eigenvalue weighted by Gasteiger charge is 2.09. The summed E-state index contributed by atoms with van der Waals surface area (Å²) in [4.78, 5) is 8.57. The number of aromatic nitrogens is 2. The normalized spacial score (nSPS) is 11.3. The Bertz CT molecular complexity index is 893. The summed E-state index contributed by atoms with van der Waals surface area (Å²) in [5.41, 5.74) is 2.76. The maximum absolute atomic E-state index is 5.82. The van der Waals surface area contributed by atoms with Crippen molar-refractivity contribution in [1.29, 1.82) is 0 Å². The van der Waals surface area contributed by atoms with E-state index in [1.54, 1.807) is 12.5 Å². The van der Waals surface area contributed by atoms with Crippen molar-refractivity contribution in [3.05, 3.63) is 48.4 Å². The van der Waals surface area contributed by atoms with Gasteiger partial charge in [0, 0.05) is 17.6 Å². The molecule has 4 aromatic rings. The van der Waals surface area contributed by atoms with Gasteiger partial charge in [0.1, 0.15) is 11.3 Å². The SMILES string of the molecule is CCc1coc2cc(Oc3nc4ncccc4s3)ccc12. The van der Waals surface area contributed by atoms with Crippen LogP contribution < -0.4 is 4.74 Å². The molecule has 3 aromatic heterocycles. The zero-order valence-electron chi connectivity index (χ0n) is 11.4. The van der Waals surface area contributed by atoms with E-state index < -0.39 is 0 Å². The second-order valence-electron chi connectivity index (χ2n) is 4.68. The fourth-order valence-electron chi connectivity index (χ4n) is 2.29. The highest BCUT2D eigenvalue weighted by molar-refractivity contribution is 7.20. The van der Waals surface area contributed by atoms with Gasteiger partial charge in [-0.2, -0.15) is 4.98 Å². The molecule has 0 saturated heterocycles. The van der Waals surface area contributed by atoms with Crippen LogP contribution in [-0.4, -0.2) is 9.97 Å². The lowest BCUT2D eigenvalue weighted by Gasteiger charge is -2.01. The summed E-state index contributed by atoms with van der Waals surface area (Å²) in [5, 5.41) is 1.72. The molecule has 0 saturated carbocycles. The Morgan fingerprint density at radius 2 is 2.24 bits per heavy atom. The quantitative estimate of drug-likeness (QED) is 0.545. The number of thiazole rings is 1. The highest BCUT2D eigenvalue weighted by atomic mass is 32.1. The van der Waals surface area contributed by atoms with Crippen LogP contribution in [0.15, 0.2) is 47.2 Å². The summed E-state index contributed by atoms with van der Waals surface area (Å²) in [6, 6.07) is 9.74. The number of rotatable bonds is 3. The number of hydrogen-bond donors (Lipinski definition) is 0. The topological polar surface area (TPSA) is 48.2 Å². The molecule has 0 atom stereocenters. The standard InChI is InChI=1S/C16H12N2O2S/c1-2-10-9-19-13-8-11(5-6-12(10)13)20-16-18-15-14(21-16)4-3-7-17-15/h3-9H,2H2,1H3. The van der Waals surface area contributed by atoms with Crippen LogP contribution in [0.3, 0.4) is 0 Å². The van der Waals surface area contributed by atoms with E-state index in [1.165, 1.54) is 16.9 Å². The van der Waals surface area contributed by atoms with Crippen LogP contribution in [-0.2, 0) is 6.42 Å². The molecule has 104 valence electrons. The van der Waals surface area contributed by atoms with Gasteiger partial charge in [-0.25, -0.2) is 4.98 Å². The van der Waals surface area contributed by atoms with Gasteiger partial charge in [0.2, 0.25) is 0 Å². The summed E-state index contributed by atoms with van der Waals surface area (Å²) in [7, 11) is 0. The number of furan rings is 1. The van der Waals surface area contributed by atoms with Crippen LogP contribution in [0.25, 0.3) is 21.3 Å². The maximum atomic E-state index is 5.82. The molecule has 0 bridgehead atoms. The predicted octanol–water partition coefficient (Wildman–Crippen LogP) is 4.79. The minimum absolute atomic E-state index is 0.588. The first-order chi connectivity index (χ1) is 10.3. The van der Waals surface area contributed by atoms with Gasteiger partial charge in [0.05, 0.1) is 11.0 Å². The lowest BCUT2D eigenvalue weighted by molar-refractivity contribution is 0.479. The lowest BCUT2D eigenvalue weighted by atomic mass is 10.1. The summed E-state index contributed by atoms with van der Waals surface area (Å²) in [6.45, 7) is 2.11. The molecule has 0 spiro atoms. The molecule has 21 heavy (non-hydrogen) atoms. The minimum atomic E-state index is 0.588. The van der Waals surface area contributed by atoms with E-state index in [0.29, 0.717) is 10.8 Å².